The minimum atomic E-state index is -2.01. The average molecular weight is 450 g/mol. The zero-order valence-electron chi connectivity index (χ0n) is 17.4. The van der Waals surface area contributed by atoms with Gasteiger partial charge in [0.1, 0.15) is 28.6 Å². The van der Waals surface area contributed by atoms with E-state index in [1.54, 1.807) is 26.0 Å². The summed E-state index contributed by atoms with van der Waals surface area (Å²) in [6, 6.07) is 3.15. The lowest BCUT2D eigenvalue weighted by Crippen LogP contribution is -2.44. The van der Waals surface area contributed by atoms with Gasteiger partial charge in [-0.1, -0.05) is 44.0 Å². The fourth-order valence-corrected chi connectivity index (χ4v) is 4.75. The van der Waals surface area contributed by atoms with E-state index in [0.717, 1.165) is 0 Å². The first-order chi connectivity index (χ1) is 12.7. The molecule has 0 radical (unpaired) electrons. The second-order valence-corrected chi connectivity index (χ2v) is 15.0. The molecule has 2 saturated heterocycles. The average Bonchev–Trinajstić information content (AvgIpc) is 2.97. The molecule has 3 rings (SSSR count). The summed E-state index contributed by atoms with van der Waals surface area (Å²) in [5.74, 6) is -2.68. The summed E-state index contributed by atoms with van der Waals surface area (Å²) in [4.78, 5) is 4.03. The van der Waals surface area contributed by atoms with Gasteiger partial charge in [0.25, 0.3) is 0 Å². The lowest BCUT2D eigenvalue weighted by Gasteiger charge is -2.37. The molecule has 6 nitrogen and oxygen atoms in total. The maximum absolute atomic E-state index is 11.5. The third kappa shape index (κ3) is 4.00. The molecule has 9 heteroatoms. The van der Waals surface area contributed by atoms with E-state index >= 15 is 0 Å². The third-order valence-electron chi connectivity index (χ3n) is 5.83. The molecule has 0 spiro atoms. The molecule has 0 bridgehead atoms. The van der Waals surface area contributed by atoms with Crippen molar-refractivity contribution in [1.29, 1.82) is 0 Å². The summed E-state index contributed by atoms with van der Waals surface area (Å²) in [6.07, 6.45) is -1.79. The van der Waals surface area contributed by atoms with E-state index in [0.29, 0.717) is 5.56 Å². The second kappa shape index (κ2) is 7.16. The standard InChI is InChI=1S/C19H29Cl2NO5Si/c1-17(2,3)28(6,7)24-10-12-14-15(27-18(4,5)26-14)19(23,25-12)11-8-9-13(20)22-16(11)21/h8-9,12,14-15,23H,10H2,1-7H3/t12-,14-,15-,19-/m1/s1. The molecule has 2 aliphatic heterocycles. The van der Waals surface area contributed by atoms with Crippen LogP contribution < -0.4 is 0 Å². The zero-order valence-corrected chi connectivity index (χ0v) is 19.9. The van der Waals surface area contributed by atoms with Crippen LogP contribution in [0.5, 0.6) is 0 Å². The van der Waals surface area contributed by atoms with Gasteiger partial charge in [-0.3, -0.25) is 0 Å². The van der Waals surface area contributed by atoms with Crippen LogP contribution in [0.3, 0.4) is 0 Å². The summed E-state index contributed by atoms with van der Waals surface area (Å²) in [5, 5.41) is 11.8. The minimum absolute atomic E-state index is 0.0526. The Hall–Kier alpha value is -0.253. The largest absolute Gasteiger partial charge is 0.414 e. The fourth-order valence-electron chi connectivity index (χ4n) is 3.26. The topological polar surface area (TPSA) is 70.0 Å². The Morgan fingerprint density at radius 2 is 1.82 bits per heavy atom. The maximum atomic E-state index is 11.5. The predicted octanol–water partition coefficient (Wildman–Crippen LogP) is 4.47. The number of nitrogens with zero attached hydrogens (tertiary/aromatic N) is 1. The van der Waals surface area contributed by atoms with Gasteiger partial charge in [-0.25, -0.2) is 4.98 Å². The van der Waals surface area contributed by atoms with Crippen molar-refractivity contribution in [2.45, 2.75) is 82.6 Å². The molecule has 0 amide bonds. The van der Waals surface area contributed by atoms with Crippen molar-refractivity contribution in [2.24, 2.45) is 0 Å². The van der Waals surface area contributed by atoms with Crippen molar-refractivity contribution in [3.8, 4) is 0 Å². The van der Waals surface area contributed by atoms with Crippen LogP contribution in [-0.2, 0) is 24.4 Å². The Morgan fingerprint density at radius 3 is 2.39 bits per heavy atom. The number of aliphatic hydroxyl groups is 1. The summed E-state index contributed by atoms with van der Waals surface area (Å²) >= 11 is 12.2. The van der Waals surface area contributed by atoms with E-state index in [2.05, 4.69) is 38.8 Å². The number of ether oxygens (including phenoxy) is 3. The lowest BCUT2D eigenvalue weighted by atomic mass is 9.99. The number of hydrogen-bond donors (Lipinski definition) is 1. The number of halogens is 2. The molecule has 1 aromatic rings. The van der Waals surface area contributed by atoms with Crippen LogP contribution in [0.25, 0.3) is 0 Å². The summed E-state index contributed by atoms with van der Waals surface area (Å²) in [5.41, 5.74) is 0.296. The smallest absolute Gasteiger partial charge is 0.225 e. The van der Waals surface area contributed by atoms with Crippen LogP contribution in [0, 0.1) is 0 Å². The van der Waals surface area contributed by atoms with Gasteiger partial charge in [0.05, 0.1) is 12.2 Å². The molecule has 0 saturated carbocycles. The molecular formula is C19H29Cl2NO5Si. The molecule has 28 heavy (non-hydrogen) atoms. The van der Waals surface area contributed by atoms with Gasteiger partial charge < -0.3 is 23.7 Å². The van der Waals surface area contributed by atoms with Crippen molar-refractivity contribution in [3.05, 3.63) is 28.0 Å². The van der Waals surface area contributed by atoms with E-state index in [4.69, 9.17) is 41.8 Å². The van der Waals surface area contributed by atoms with Crippen molar-refractivity contribution in [2.75, 3.05) is 6.61 Å². The maximum Gasteiger partial charge on any atom is 0.225 e. The number of aromatic nitrogens is 1. The zero-order chi connectivity index (χ0) is 21.1. The molecule has 0 aliphatic carbocycles. The monoisotopic (exact) mass is 449 g/mol. The SMILES string of the molecule is CC1(C)O[C@H]2[C@@H](O1)[C@@](O)(c1ccc(Cl)nc1Cl)O[C@@H]2CO[Si](C)(C)C(C)(C)C. The van der Waals surface area contributed by atoms with E-state index in [-0.39, 0.29) is 22.0 Å². The van der Waals surface area contributed by atoms with Gasteiger partial charge in [0.2, 0.25) is 5.79 Å². The molecule has 2 fully saturated rings. The second-order valence-electron chi connectivity index (χ2n) is 9.42. The summed E-state index contributed by atoms with van der Waals surface area (Å²) in [6.45, 7) is 14.8. The van der Waals surface area contributed by atoms with Crippen LogP contribution in [-0.4, -0.2) is 49.1 Å². The van der Waals surface area contributed by atoms with Gasteiger partial charge in [-0.15, -0.1) is 0 Å². The number of rotatable bonds is 4. The van der Waals surface area contributed by atoms with E-state index in [9.17, 15) is 5.11 Å². The number of fused-ring (bicyclic) bond motifs is 1. The van der Waals surface area contributed by atoms with Gasteiger partial charge in [-0.05, 0) is 44.1 Å². The van der Waals surface area contributed by atoms with Crippen LogP contribution in [0.15, 0.2) is 12.1 Å². The van der Waals surface area contributed by atoms with Gasteiger partial charge >= 0.3 is 0 Å². The lowest BCUT2D eigenvalue weighted by molar-refractivity contribution is -0.283. The molecule has 158 valence electrons. The molecule has 3 heterocycles. The minimum Gasteiger partial charge on any atom is -0.414 e. The number of hydrogen-bond acceptors (Lipinski definition) is 6. The Kier molecular flexibility index (Phi) is 5.74. The number of pyridine rings is 1. The van der Waals surface area contributed by atoms with Crippen LogP contribution in [0.2, 0.25) is 28.4 Å². The quantitative estimate of drug-likeness (QED) is 0.539. The molecule has 2 aliphatic rings. The summed E-state index contributed by atoms with van der Waals surface area (Å²) < 4.78 is 24.4. The van der Waals surface area contributed by atoms with E-state index in [1.807, 2.05) is 0 Å². The normalized spacial score (nSPS) is 32.6. The van der Waals surface area contributed by atoms with Crippen molar-refractivity contribution in [1.82, 2.24) is 4.98 Å². The molecule has 4 atom stereocenters. The molecule has 0 aromatic carbocycles. The highest BCUT2D eigenvalue weighted by Crippen LogP contribution is 2.49. The van der Waals surface area contributed by atoms with Crippen molar-refractivity contribution in [3.63, 3.8) is 0 Å². The Balaban J connectivity index is 1.90. The Bertz CT molecular complexity index is 754. The van der Waals surface area contributed by atoms with Crippen LogP contribution >= 0.6 is 23.2 Å². The fraction of sp³-hybridized carbons (Fsp3) is 0.737. The van der Waals surface area contributed by atoms with E-state index < -0.39 is 38.2 Å². The van der Waals surface area contributed by atoms with Crippen LogP contribution in [0.1, 0.15) is 40.2 Å². The van der Waals surface area contributed by atoms with Gasteiger partial charge in [-0.2, -0.15) is 0 Å². The van der Waals surface area contributed by atoms with Gasteiger partial charge in [0.15, 0.2) is 14.1 Å². The van der Waals surface area contributed by atoms with Gasteiger partial charge in [0, 0.05) is 0 Å². The van der Waals surface area contributed by atoms with E-state index in [1.165, 1.54) is 0 Å². The molecule has 0 unspecified atom stereocenters. The van der Waals surface area contributed by atoms with Crippen LogP contribution in [0.4, 0.5) is 0 Å². The highest BCUT2D eigenvalue weighted by atomic mass is 35.5. The molecular weight excluding hydrogens is 421 g/mol. The predicted molar refractivity (Wildman–Crippen MR) is 110 cm³/mol. The summed E-state index contributed by atoms with van der Waals surface area (Å²) in [7, 11) is -2.01. The highest BCUT2D eigenvalue weighted by Gasteiger charge is 2.64. The molecule has 1 N–H and O–H groups in total. The van der Waals surface area contributed by atoms with Crippen molar-refractivity contribution < 1.29 is 23.7 Å². The third-order valence-corrected chi connectivity index (χ3v) is 10.8. The Labute approximate surface area is 177 Å². The molecule has 1 aromatic heterocycles. The first-order valence-electron chi connectivity index (χ1n) is 9.39. The Morgan fingerprint density at radius 1 is 1.18 bits per heavy atom. The van der Waals surface area contributed by atoms with Crippen molar-refractivity contribution >= 4 is 31.5 Å². The first-order valence-corrected chi connectivity index (χ1v) is 13.0. The highest BCUT2D eigenvalue weighted by molar-refractivity contribution is 6.74. The first kappa shape index (κ1) is 22.4.